The highest BCUT2D eigenvalue weighted by Crippen LogP contribution is 2.28. The average Bonchev–Trinajstić information content (AvgIpc) is 3.16. The summed E-state index contributed by atoms with van der Waals surface area (Å²) in [5, 5.41) is 2.87. The van der Waals surface area contributed by atoms with Gasteiger partial charge in [-0.25, -0.2) is 4.79 Å². The summed E-state index contributed by atoms with van der Waals surface area (Å²) in [4.78, 5) is 24.4. The lowest BCUT2D eigenvalue weighted by atomic mass is 10.1. The molecule has 1 heterocycles. The second kappa shape index (κ2) is 9.84. The third-order valence-electron chi connectivity index (χ3n) is 4.71. The highest BCUT2D eigenvalue weighted by molar-refractivity contribution is 5.93. The molecule has 0 bridgehead atoms. The lowest BCUT2D eigenvalue weighted by Crippen LogP contribution is -2.14. The van der Waals surface area contributed by atoms with E-state index < -0.39 is 5.97 Å². The van der Waals surface area contributed by atoms with Crippen LogP contribution < -0.4 is 14.8 Å². The molecule has 1 aromatic heterocycles. The van der Waals surface area contributed by atoms with Gasteiger partial charge in [-0.2, -0.15) is 0 Å². The van der Waals surface area contributed by atoms with E-state index in [1.807, 2.05) is 12.1 Å². The summed E-state index contributed by atoms with van der Waals surface area (Å²) < 4.78 is 21.3. The number of esters is 1. The third-order valence-corrected chi connectivity index (χ3v) is 4.71. The van der Waals surface area contributed by atoms with Gasteiger partial charge in [0.25, 0.3) is 0 Å². The number of furan rings is 1. The van der Waals surface area contributed by atoms with Crippen molar-refractivity contribution in [2.45, 2.75) is 20.3 Å². The SMILES string of the molecule is CCOC(=O)c1cc(-c2ccc(NC(=O)Cc3ccc(OC)cc3OC)cc2)oc1C. The molecule has 3 rings (SSSR count). The van der Waals surface area contributed by atoms with Crippen LogP contribution in [0.2, 0.25) is 0 Å². The van der Waals surface area contributed by atoms with Gasteiger partial charge in [0, 0.05) is 22.9 Å². The maximum Gasteiger partial charge on any atom is 0.341 e. The number of carbonyl (C=O) groups excluding carboxylic acids is 2. The molecule has 0 fully saturated rings. The summed E-state index contributed by atoms with van der Waals surface area (Å²) in [6.07, 6.45) is 0.162. The molecule has 0 unspecified atom stereocenters. The van der Waals surface area contributed by atoms with Crippen LogP contribution >= 0.6 is 0 Å². The van der Waals surface area contributed by atoms with E-state index in [1.165, 1.54) is 0 Å². The van der Waals surface area contributed by atoms with Crippen LogP contribution in [-0.4, -0.2) is 32.7 Å². The van der Waals surface area contributed by atoms with Crippen LogP contribution in [0.1, 0.15) is 28.6 Å². The Morgan fingerprint density at radius 3 is 2.39 bits per heavy atom. The Kier molecular flexibility index (Phi) is 6.97. The maximum atomic E-state index is 12.5. The first-order valence-corrected chi connectivity index (χ1v) is 9.84. The van der Waals surface area contributed by atoms with Crippen molar-refractivity contribution < 1.29 is 28.2 Å². The number of amides is 1. The number of nitrogens with one attached hydrogen (secondary N) is 1. The number of rotatable bonds is 8. The molecule has 0 aliphatic carbocycles. The van der Waals surface area contributed by atoms with Gasteiger partial charge in [-0.3, -0.25) is 4.79 Å². The van der Waals surface area contributed by atoms with E-state index in [4.69, 9.17) is 18.6 Å². The highest BCUT2D eigenvalue weighted by Gasteiger charge is 2.17. The van der Waals surface area contributed by atoms with Gasteiger partial charge in [0.15, 0.2) is 0 Å². The number of ether oxygens (including phenoxy) is 3. The van der Waals surface area contributed by atoms with Gasteiger partial charge in [-0.05, 0) is 50.2 Å². The van der Waals surface area contributed by atoms with E-state index in [1.54, 1.807) is 64.5 Å². The fourth-order valence-electron chi connectivity index (χ4n) is 3.13. The molecule has 0 saturated heterocycles. The third kappa shape index (κ3) is 5.25. The van der Waals surface area contributed by atoms with E-state index in [0.29, 0.717) is 40.9 Å². The molecule has 1 N–H and O–H groups in total. The number of methoxy groups -OCH3 is 2. The number of hydrogen-bond donors (Lipinski definition) is 1. The van der Waals surface area contributed by atoms with E-state index in [9.17, 15) is 9.59 Å². The smallest absolute Gasteiger partial charge is 0.341 e. The molecule has 7 nitrogen and oxygen atoms in total. The second-order valence-electron chi connectivity index (χ2n) is 6.78. The molecule has 0 radical (unpaired) electrons. The number of aryl methyl sites for hydroxylation is 1. The normalized spacial score (nSPS) is 10.5. The molecular weight excluding hydrogens is 398 g/mol. The Hall–Kier alpha value is -3.74. The Morgan fingerprint density at radius 2 is 1.74 bits per heavy atom. The van der Waals surface area contributed by atoms with Crippen LogP contribution in [0, 0.1) is 6.92 Å². The molecule has 0 atom stereocenters. The first-order valence-electron chi connectivity index (χ1n) is 9.84. The molecule has 0 aliphatic heterocycles. The highest BCUT2D eigenvalue weighted by atomic mass is 16.5. The van der Waals surface area contributed by atoms with E-state index in [0.717, 1.165) is 11.1 Å². The summed E-state index contributed by atoms with van der Waals surface area (Å²) in [6.45, 7) is 3.78. The molecule has 2 aromatic carbocycles. The minimum absolute atomic E-state index is 0.162. The number of carbonyl (C=O) groups is 2. The van der Waals surface area contributed by atoms with Crippen molar-refractivity contribution in [3.8, 4) is 22.8 Å². The lowest BCUT2D eigenvalue weighted by Gasteiger charge is -2.11. The predicted octanol–water partition coefficient (Wildman–Crippen LogP) is 4.63. The average molecular weight is 423 g/mol. The van der Waals surface area contributed by atoms with Gasteiger partial charge >= 0.3 is 5.97 Å². The number of benzene rings is 2. The standard InChI is InChI=1S/C24H25NO6/c1-5-30-24(27)20-14-22(31-15(20)2)16-6-9-18(10-7-16)25-23(26)12-17-8-11-19(28-3)13-21(17)29-4/h6-11,13-14H,5,12H2,1-4H3,(H,25,26). The van der Waals surface area contributed by atoms with Gasteiger partial charge in [-0.15, -0.1) is 0 Å². The Balaban J connectivity index is 1.68. The van der Waals surface area contributed by atoms with Gasteiger partial charge in [0.05, 0.1) is 27.2 Å². The van der Waals surface area contributed by atoms with Gasteiger partial charge in [-0.1, -0.05) is 6.07 Å². The number of anilines is 1. The van der Waals surface area contributed by atoms with Crippen molar-refractivity contribution >= 4 is 17.6 Å². The predicted molar refractivity (Wildman–Crippen MR) is 117 cm³/mol. The second-order valence-corrected chi connectivity index (χ2v) is 6.78. The van der Waals surface area contributed by atoms with E-state index >= 15 is 0 Å². The van der Waals surface area contributed by atoms with Crippen LogP contribution in [0.15, 0.2) is 52.9 Å². The zero-order valence-electron chi connectivity index (χ0n) is 18.0. The quantitative estimate of drug-likeness (QED) is 0.532. The van der Waals surface area contributed by atoms with E-state index in [-0.39, 0.29) is 12.3 Å². The molecule has 0 aliphatic rings. The van der Waals surface area contributed by atoms with Crippen LogP contribution in [0.4, 0.5) is 5.69 Å². The van der Waals surface area contributed by atoms with Gasteiger partial charge in [0.1, 0.15) is 28.6 Å². The topological polar surface area (TPSA) is 87.0 Å². The van der Waals surface area contributed by atoms with Crippen LogP contribution in [0.5, 0.6) is 11.5 Å². The van der Waals surface area contributed by atoms with Crippen LogP contribution in [0.3, 0.4) is 0 Å². The Morgan fingerprint density at radius 1 is 1.00 bits per heavy atom. The minimum atomic E-state index is -0.409. The fourth-order valence-corrected chi connectivity index (χ4v) is 3.13. The Bertz CT molecular complexity index is 1070. The molecule has 0 saturated carbocycles. The first kappa shape index (κ1) is 22.0. The molecular formula is C24H25NO6. The van der Waals surface area contributed by atoms with E-state index in [2.05, 4.69) is 5.32 Å². The maximum absolute atomic E-state index is 12.5. The number of hydrogen-bond acceptors (Lipinski definition) is 6. The molecule has 31 heavy (non-hydrogen) atoms. The summed E-state index contributed by atoms with van der Waals surface area (Å²) in [6, 6.07) is 14.2. The largest absolute Gasteiger partial charge is 0.497 e. The van der Waals surface area contributed by atoms with Gasteiger partial charge < -0.3 is 23.9 Å². The molecule has 1 amide bonds. The fraction of sp³-hybridized carbons (Fsp3) is 0.250. The van der Waals surface area contributed by atoms with Crippen molar-refractivity contribution in [1.29, 1.82) is 0 Å². The first-order chi connectivity index (χ1) is 14.9. The zero-order chi connectivity index (χ0) is 22.4. The summed E-state index contributed by atoms with van der Waals surface area (Å²) in [7, 11) is 3.13. The molecule has 7 heteroatoms. The zero-order valence-corrected chi connectivity index (χ0v) is 18.0. The summed E-state index contributed by atoms with van der Waals surface area (Å²) in [5.74, 6) is 1.73. The molecule has 162 valence electrons. The monoisotopic (exact) mass is 423 g/mol. The van der Waals surface area contributed by atoms with Crippen molar-refractivity contribution in [3.05, 3.63) is 65.4 Å². The van der Waals surface area contributed by atoms with Crippen molar-refractivity contribution in [3.63, 3.8) is 0 Å². The van der Waals surface area contributed by atoms with Crippen LogP contribution in [-0.2, 0) is 16.0 Å². The lowest BCUT2D eigenvalue weighted by molar-refractivity contribution is -0.115. The van der Waals surface area contributed by atoms with Crippen molar-refractivity contribution in [2.75, 3.05) is 26.1 Å². The molecule has 0 spiro atoms. The Labute approximate surface area is 180 Å². The van der Waals surface area contributed by atoms with Gasteiger partial charge in [0.2, 0.25) is 5.91 Å². The summed E-state index contributed by atoms with van der Waals surface area (Å²) >= 11 is 0. The minimum Gasteiger partial charge on any atom is -0.497 e. The van der Waals surface area contributed by atoms with Crippen LogP contribution in [0.25, 0.3) is 11.3 Å². The molecule has 3 aromatic rings. The summed E-state index contributed by atoms with van der Waals surface area (Å²) in [5.41, 5.74) is 2.60. The van der Waals surface area contributed by atoms with Crippen molar-refractivity contribution in [1.82, 2.24) is 0 Å². The van der Waals surface area contributed by atoms with Crippen molar-refractivity contribution in [2.24, 2.45) is 0 Å².